The number of aromatic nitrogens is 2. The van der Waals surface area contributed by atoms with Gasteiger partial charge in [0.25, 0.3) is 0 Å². The third kappa shape index (κ3) is 4.13. The lowest BCUT2D eigenvalue weighted by atomic mass is 9.91. The van der Waals surface area contributed by atoms with Gasteiger partial charge in [0.05, 0.1) is 19.4 Å². The van der Waals surface area contributed by atoms with Crippen LogP contribution in [0.15, 0.2) is 40.8 Å². The first kappa shape index (κ1) is 18.6. The molecule has 0 spiro atoms. The molecule has 1 aromatic heterocycles. The Kier molecular flexibility index (Phi) is 5.21. The van der Waals surface area contributed by atoms with Crippen molar-refractivity contribution in [2.75, 3.05) is 7.11 Å². The molecule has 0 fully saturated rings. The van der Waals surface area contributed by atoms with E-state index in [1.165, 1.54) is 12.1 Å². The van der Waals surface area contributed by atoms with Crippen molar-refractivity contribution in [3.8, 4) is 16.9 Å². The Morgan fingerprint density at radius 2 is 2.00 bits per heavy atom. The Hall–Kier alpha value is -3.22. The fraction of sp³-hybridized carbons (Fsp3) is 0.250. The zero-order valence-corrected chi connectivity index (χ0v) is 15.2. The molecule has 1 N–H and O–H groups in total. The summed E-state index contributed by atoms with van der Waals surface area (Å²) in [6.45, 7) is 3.54. The van der Waals surface area contributed by atoms with Gasteiger partial charge in [-0.3, -0.25) is 4.79 Å². The second-order valence-corrected chi connectivity index (χ2v) is 6.29. The lowest BCUT2D eigenvalue weighted by molar-refractivity contribution is -0.137. The molecule has 0 saturated carbocycles. The maximum atomic E-state index is 14.4. The minimum atomic E-state index is -1.05. The summed E-state index contributed by atoms with van der Waals surface area (Å²) >= 11 is 0. The van der Waals surface area contributed by atoms with Crippen LogP contribution in [0.5, 0.6) is 5.75 Å². The molecule has 7 heteroatoms. The number of ether oxygens (including phenoxy) is 1. The van der Waals surface area contributed by atoms with Gasteiger partial charge in [0.1, 0.15) is 11.6 Å². The van der Waals surface area contributed by atoms with E-state index >= 15 is 0 Å². The van der Waals surface area contributed by atoms with Crippen LogP contribution in [-0.4, -0.2) is 28.4 Å². The van der Waals surface area contributed by atoms with Crippen LogP contribution in [0, 0.1) is 19.7 Å². The van der Waals surface area contributed by atoms with Gasteiger partial charge in [-0.25, -0.2) is 4.39 Å². The van der Waals surface area contributed by atoms with Crippen LogP contribution in [0.1, 0.15) is 35.2 Å². The molecule has 0 radical (unpaired) electrons. The maximum absolute atomic E-state index is 14.4. The molecule has 2 aromatic carbocycles. The summed E-state index contributed by atoms with van der Waals surface area (Å²) in [6.07, 6.45) is -0.296. The number of benzene rings is 2. The number of nitrogens with zero attached hydrogens (tertiary/aromatic N) is 2. The molecule has 0 aliphatic carbocycles. The number of methoxy groups -OCH3 is 1. The van der Waals surface area contributed by atoms with Crippen molar-refractivity contribution in [2.24, 2.45) is 0 Å². The molecule has 1 atom stereocenters. The first-order chi connectivity index (χ1) is 12.9. The van der Waals surface area contributed by atoms with Gasteiger partial charge in [-0.2, -0.15) is 0 Å². The average Bonchev–Trinajstić information content (AvgIpc) is 3.05. The van der Waals surface area contributed by atoms with Gasteiger partial charge < -0.3 is 14.3 Å². The molecule has 0 saturated heterocycles. The van der Waals surface area contributed by atoms with E-state index in [4.69, 9.17) is 9.15 Å². The molecular formula is C20H19FN2O4. The predicted octanol–water partition coefficient (Wildman–Crippen LogP) is 4.11. The fourth-order valence-electron chi connectivity index (χ4n) is 2.99. The third-order valence-electron chi connectivity index (χ3n) is 4.21. The molecule has 0 amide bonds. The normalized spacial score (nSPS) is 12.0. The second kappa shape index (κ2) is 7.57. The van der Waals surface area contributed by atoms with E-state index in [0.717, 1.165) is 5.56 Å². The summed E-state index contributed by atoms with van der Waals surface area (Å²) in [5.74, 6) is -1.23. The first-order valence-electron chi connectivity index (χ1n) is 8.34. The first-order valence-corrected chi connectivity index (χ1v) is 8.34. The van der Waals surface area contributed by atoms with Crippen molar-refractivity contribution < 1.29 is 23.4 Å². The molecule has 140 valence electrons. The van der Waals surface area contributed by atoms with E-state index < -0.39 is 17.7 Å². The molecule has 27 heavy (non-hydrogen) atoms. The number of halogens is 1. The largest absolute Gasteiger partial charge is 0.496 e. The van der Waals surface area contributed by atoms with Crippen LogP contribution in [0.3, 0.4) is 0 Å². The number of aliphatic carboxylic acids is 1. The topological polar surface area (TPSA) is 85.5 Å². The summed E-state index contributed by atoms with van der Waals surface area (Å²) < 4.78 is 25.2. The van der Waals surface area contributed by atoms with Gasteiger partial charge >= 0.3 is 5.97 Å². The van der Waals surface area contributed by atoms with Crippen molar-refractivity contribution in [3.63, 3.8) is 0 Å². The minimum absolute atomic E-state index is 0.141. The van der Waals surface area contributed by atoms with Crippen LogP contribution < -0.4 is 4.74 Å². The summed E-state index contributed by atoms with van der Waals surface area (Å²) in [7, 11) is 1.54. The van der Waals surface area contributed by atoms with Gasteiger partial charge in [0.2, 0.25) is 11.8 Å². The number of hydrogen-bond acceptors (Lipinski definition) is 5. The van der Waals surface area contributed by atoms with Crippen molar-refractivity contribution in [1.82, 2.24) is 10.2 Å². The van der Waals surface area contributed by atoms with Crippen LogP contribution >= 0.6 is 0 Å². The van der Waals surface area contributed by atoms with Crippen LogP contribution in [0.25, 0.3) is 11.1 Å². The SMILES string of the molecule is COc1ccc(C)cc1-c1cc(F)cc(C(CC(=O)O)c2nnc(C)o2)c1. The summed E-state index contributed by atoms with van der Waals surface area (Å²) in [6, 6.07) is 10.0. The number of rotatable bonds is 6. The lowest BCUT2D eigenvalue weighted by Crippen LogP contribution is -2.09. The summed E-state index contributed by atoms with van der Waals surface area (Å²) in [5.41, 5.74) is 2.73. The average molecular weight is 370 g/mol. The monoisotopic (exact) mass is 370 g/mol. The number of carbonyl (C=O) groups is 1. The molecule has 3 rings (SSSR count). The number of carboxylic acids is 1. The standard InChI is InChI=1S/C20H19FN2O4/c1-11-4-5-18(26-3)16(6-11)13-7-14(9-15(21)8-13)17(10-19(24)25)20-23-22-12(2)27-20/h4-9,17H,10H2,1-3H3,(H,24,25). The van der Waals surface area contributed by atoms with E-state index in [9.17, 15) is 14.3 Å². The van der Waals surface area contributed by atoms with Crippen molar-refractivity contribution in [3.05, 3.63) is 65.1 Å². The van der Waals surface area contributed by atoms with Gasteiger partial charge in [-0.1, -0.05) is 11.6 Å². The van der Waals surface area contributed by atoms with E-state index in [0.29, 0.717) is 28.3 Å². The van der Waals surface area contributed by atoms with E-state index in [1.54, 1.807) is 20.1 Å². The molecular weight excluding hydrogens is 351 g/mol. The highest BCUT2D eigenvalue weighted by molar-refractivity contribution is 5.73. The Balaban J connectivity index is 2.13. The predicted molar refractivity (Wildman–Crippen MR) is 96.3 cm³/mol. The molecule has 3 aromatic rings. The Bertz CT molecular complexity index is 984. The van der Waals surface area contributed by atoms with Crippen molar-refractivity contribution in [2.45, 2.75) is 26.2 Å². The van der Waals surface area contributed by atoms with Crippen LogP contribution in [-0.2, 0) is 4.79 Å². The molecule has 0 aliphatic rings. The molecule has 6 nitrogen and oxygen atoms in total. The van der Waals surface area contributed by atoms with Gasteiger partial charge in [0, 0.05) is 12.5 Å². The molecule has 0 bridgehead atoms. The Morgan fingerprint density at radius 1 is 1.22 bits per heavy atom. The lowest BCUT2D eigenvalue weighted by Gasteiger charge is -2.15. The number of aryl methyl sites for hydroxylation is 2. The summed E-state index contributed by atoms with van der Waals surface area (Å²) in [5, 5.41) is 17.0. The van der Waals surface area contributed by atoms with Gasteiger partial charge in [-0.15, -0.1) is 10.2 Å². The van der Waals surface area contributed by atoms with E-state index in [-0.39, 0.29) is 12.3 Å². The van der Waals surface area contributed by atoms with Crippen molar-refractivity contribution >= 4 is 5.97 Å². The molecule has 1 heterocycles. The highest BCUT2D eigenvalue weighted by Crippen LogP contribution is 2.35. The number of hydrogen-bond donors (Lipinski definition) is 1. The second-order valence-electron chi connectivity index (χ2n) is 6.29. The van der Waals surface area contributed by atoms with Crippen LogP contribution in [0.4, 0.5) is 4.39 Å². The zero-order valence-electron chi connectivity index (χ0n) is 15.2. The number of carboxylic acid groups (broad SMARTS) is 1. The van der Waals surface area contributed by atoms with Crippen LogP contribution in [0.2, 0.25) is 0 Å². The quantitative estimate of drug-likeness (QED) is 0.703. The van der Waals surface area contributed by atoms with E-state index in [1.807, 2.05) is 25.1 Å². The smallest absolute Gasteiger partial charge is 0.304 e. The van der Waals surface area contributed by atoms with Crippen molar-refractivity contribution in [1.29, 1.82) is 0 Å². The molecule has 0 aliphatic heterocycles. The minimum Gasteiger partial charge on any atom is -0.496 e. The zero-order chi connectivity index (χ0) is 19.6. The molecule has 1 unspecified atom stereocenters. The Labute approximate surface area is 155 Å². The maximum Gasteiger partial charge on any atom is 0.304 e. The Morgan fingerprint density at radius 3 is 2.63 bits per heavy atom. The van der Waals surface area contributed by atoms with E-state index in [2.05, 4.69) is 10.2 Å². The van der Waals surface area contributed by atoms with Gasteiger partial charge in [0.15, 0.2) is 0 Å². The summed E-state index contributed by atoms with van der Waals surface area (Å²) in [4.78, 5) is 11.3. The highest BCUT2D eigenvalue weighted by Gasteiger charge is 2.25. The third-order valence-corrected chi connectivity index (χ3v) is 4.21. The highest BCUT2D eigenvalue weighted by atomic mass is 19.1. The van der Waals surface area contributed by atoms with Gasteiger partial charge in [-0.05, 0) is 48.4 Å². The fourth-order valence-corrected chi connectivity index (χ4v) is 2.99.